The molecule has 2 rings (SSSR count). The molecule has 0 saturated carbocycles. The van der Waals surface area contributed by atoms with E-state index in [4.69, 9.17) is 0 Å². The Hall–Kier alpha value is -1.68. The number of hydrogen-bond acceptors (Lipinski definition) is 3. The van der Waals surface area contributed by atoms with E-state index >= 15 is 0 Å². The fraction of sp³-hybridized carbons (Fsp3) is 0.429. The molecule has 1 heterocycles. The smallest absolute Gasteiger partial charge is 0.261 e. The average molecular weight is 246 g/mol. The van der Waals surface area contributed by atoms with Crippen molar-refractivity contribution in [1.82, 2.24) is 9.55 Å². The van der Waals surface area contributed by atoms with Crippen LogP contribution in [0.2, 0.25) is 0 Å². The van der Waals surface area contributed by atoms with Crippen LogP contribution in [0, 0.1) is 12.8 Å². The van der Waals surface area contributed by atoms with Gasteiger partial charge in [0.2, 0.25) is 0 Å². The van der Waals surface area contributed by atoms with Crippen LogP contribution < -0.4 is 5.56 Å². The molecule has 0 aliphatic heterocycles. The summed E-state index contributed by atoms with van der Waals surface area (Å²) in [6.45, 7) is 5.81. The number of fused-ring (bicyclic) bond motifs is 1. The van der Waals surface area contributed by atoms with Crippen molar-refractivity contribution < 1.29 is 5.11 Å². The standard InChI is InChI=1S/C14H18N2O2/c1-9(2)12(7-17)16-8-15-11-6-4-5-10(3)13(11)14(16)18/h4-6,8-9,12,17H,7H2,1-3H3/t12-/m0/s1. The van der Waals surface area contributed by atoms with Crippen molar-refractivity contribution in [2.24, 2.45) is 5.92 Å². The summed E-state index contributed by atoms with van der Waals surface area (Å²) >= 11 is 0. The highest BCUT2D eigenvalue weighted by molar-refractivity contribution is 5.80. The lowest BCUT2D eigenvalue weighted by atomic mass is 10.0. The summed E-state index contributed by atoms with van der Waals surface area (Å²) in [5.41, 5.74) is 1.54. The topological polar surface area (TPSA) is 55.1 Å². The van der Waals surface area contributed by atoms with E-state index in [0.29, 0.717) is 10.9 Å². The van der Waals surface area contributed by atoms with Gasteiger partial charge in [0.15, 0.2) is 0 Å². The Morgan fingerprint density at radius 1 is 1.39 bits per heavy atom. The Balaban J connectivity index is 2.72. The lowest BCUT2D eigenvalue weighted by Crippen LogP contribution is -2.30. The van der Waals surface area contributed by atoms with Gasteiger partial charge in [0.25, 0.3) is 5.56 Å². The zero-order valence-corrected chi connectivity index (χ0v) is 10.9. The molecule has 4 nitrogen and oxygen atoms in total. The van der Waals surface area contributed by atoms with Gasteiger partial charge in [-0.25, -0.2) is 4.98 Å². The highest BCUT2D eigenvalue weighted by atomic mass is 16.3. The van der Waals surface area contributed by atoms with E-state index in [1.165, 1.54) is 6.33 Å². The SMILES string of the molecule is Cc1cccc2ncn([C@@H](CO)C(C)C)c(=O)c12. The summed E-state index contributed by atoms with van der Waals surface area (Å²) in [6, 6.07) is 5.39. The van der Waals surface area contributed by atoms with Gasteiger partial charge in [-0.3, -0.25) is 9.36 Å². The van der Waals surface area contributed by atoms with Crippen LogP contribution in [0.5, 0.6) is 0 Å². The van der Waals surface area contributed by atoms with Gasteiger partial charge in [0.1, 0.15) is 0 Å². The molecule has 2 aromatic rings. The number of aliphatic hydroxyl groups is 1. The summed E-state index contributed by atoms with van der Waals surface area (Å²) in [4.78, 5) is 16.8. The average Bonchev–Trinajstić information content (AvgIpc) is 2.32. The number of hydrogen-bond donors (Lipinski definition) is 1. The third-order valence-corrected chi connectivity index (χ3v) is 3.33. The van der Waals surface area contributed by atoms with Crippen molar-refractivity contribution in [3.8, 4) is 0 Å². The summed E-state index contributed by atoms with van der Waals surface area (Å²) in [6.07, 6.45) is 1.53. The Bertz CT molecular complexity index is 617. The lowest BCUT2D eigenvalue weighted by molar-refractivity contribution is 0.189. The van der Waals surface area contributed by atoms with E-state index in [0.717, 1.165) is 5.56 Å². The second kappa shape index (κ2) is 4.90. The van der Waals surface area contributed by atoms with Crippen molar-refractivity contribution in [3.05, 3.63) is 40.4 Å². The van der Waals surface area contributed by atoms with E-state index in [-0.39, 0.29) is 24.1 Å². The number of aromatic nitrogens is 2. The van der Waals surface area contributed by atoms with Crippen LogP contribution in [0.25, 0.3) is 10.9 Å². The van der Waals surface area contributed by atoms with Gasteiger partial charge in [-0.1, -0.05) is 26.0 Å². The van der Waals surface area contributed by atoms with Gasteiger partial charge in [-0.05, 0) is 24.5 Å². The van der Waals surface area contributed by atoms with E-state index < -0.39 is 0 Å². The minimum absolute atomic E-state index is 0.0589. The summed E-state index contributed by atoms with van der Waals surface area (Å²) < 4.78 is 1.54. The molecule has 0 bridgehead atoms. The summed E-state index contributed by atoms with van der Waals surface area (Å²) in [5, 5.41) is 10.1. The number of nitrogens with zero attached hydrogens (tertiary/aromatic N) is 2. The molecule has 0 unspecified atom stereocenters. The number of aliphatic hydroxyl groups excluding tert-OH is 1. The zero-order valence-electron chi connectivity index (χ0n) is 10.9. The van der Waals surface area contributed by atoms with E-state index in [9.17, 15) is 9.90 Å². The third kappa shape index (κ3) is 2.04. The Morgan fingerprint density at radius 3 is 2.72 bits per heavy atom. The predicted octanol–water partition coefficient (Wildman–Crippen LogP) is 1.89. The second-order valence-electron chi connectivity index (χ2n) is 4.92. The Morgan fingerprint density at radius 2 is 2.11 bits per heavy atom. The fourth-order valence-electron chi connectivity index (χ4n) is 2.20. The quantitative estimate of drug-likeness (QED) is 0.899. The maximum atomic E-state index is 12.5. The van der Waals surface area contributed by atoms with Gasteiger partial charge < -0.3 is 5.11 Å². The maximum absolute atomic E-state index is 12.5. The minimum Gasteiger partial charge on any atom is -0.394 e. The van der Waals surface area contributed by atoms with E-state index in [1.807, 2.05) is 39.0 Å². The van der Waals surface area contributed by atoms with E-state index in [2.05, 4.69) is 4.98 Å². The first-order chi connectivity index (χ1) is 8.56. The molecule has 0 fully saturated rings. The molecule has 0 spiro atoms. The zero-order chi connectivity index (χ0) is 13.3. The second-order valence-corrected chi connectivity index (χ2v) is 4.92. The first-order valence-corrected chi connectivity index (χ1v) is 6.13. The molecule has 0 aliphatic rings. The van der Waals surface area contributed by atoms with Crippen LogP contribution in [0.15, 0.2) is 29.3 Å². The lowest BCUT2D eigenvalue weighted by Gasteiger charge is -2.21. The van der Waals surface area contributed by atoms with Crippen molar-refractivity contribution in [2.75, 3.05) is 6.61 Å². The van der Waals surface area contributed by atoms with Gasteiger partial charge in [-0.2, -0.15) is 0 Å². The van der Waals surface area contributed by atoms with Crippen LogP contribution in [-0.2, 0) is 0 Å². The minimum atomic E-state index is -0.228. The molecule has 1 atom stereocenters. The van der Waals surface area contributed by atoms with Crippen LogP contribution in [0.3, 0.4) is 0 Å². The normalized spacial score (nSPS) is 13.2. The van der Waals surface area contributed by atoms with E-state index in [1.54, 1.807) is 4.57 Å². The van der Waals surface area contributed by atoms with Crippen molar-refractivity contribution in [3.63, 3.8) is 0 Å². The van der Waals surface area contributed by atoms with Crippen LogP contribution in [-0.4, -0.2) is 21.3 Å². The van der Waals surface area contributed by atoms with Gasteiger partial charge in [-0.15, -0.1) is 0 Å². The number of aryl methyl sites for hydroxylation is 1. The first-order valence-electron chi connectivity index (χ1n) is 6.13. The predicted molar refractivity (Wildman–Crippen MR) is 71.7 cm³/mol. The highest BCUT2D eigenvalue weighted by Gasteiger charge is 2.17. The molecule has 1 aromatic heterocycles. The Kier molecular flexibility index (Phi) is 3.48. The van der Waals surface area contributed by atoms with Crippen molar-refractivity contribution >= 4 is 10.9 Å². The summed E-state index contributed by atoms with van der Waals surface area (Å²) in [7, 11) is 0. The van der Waals surface area contributed by atoms with Gasteiger partial charge in [0.05, 0.1) is 29.9 Å². The molecule has 1 N–H and O–H groups in total. The fourth-order valence-corrected chi connectivity index (χ4v) is 2.20. The number of benzene rings is 1. The van der Waals surface area contributed by atoms with Crippen molar-refractivity contribution in [1.29, 1.82) is 0 Å². The molecule has 0 radical (unpaired) electrons. The molecule has 0 amide bonds. The van der Waals surface area contributed by atoms with Gasteiger partial charge in [0, 0.05) is 0 Å². The summed E-state index contributed by atoms with van der Waals surface area (Å²) in [5.74, 6) is 0.177. The van der Waals surface area contributed by atoms with Gasteiger partial charge >= 0.3 is 0 Å². The maximum Gasteiger partial charge on any atom is 0.261 e. The van der Waals surface area contributed by atoms with Crippen molar-refractivity contribution in [2.45, 2.75) is 26.8 Å². The molecule has 0 aliphatic carbocycles. The monoisotopic (exact) mass is 246 g/mol. The molecule has 18 heavy (non-hydrogen) atoms. The molecular formula is C14H18N2O2. The number of rotatable bonds is 3. The van der Waals surface area contributed by atoms with Crippen LogP contribution >= 0.6 is 0 Å². The third-order valence-electron chi connectivity index (χ3n) is 3.33. The Labute approximate surface area is 106 Å². The van der Waals surface area contributed by atoms with Crippen LogP contribution in [0.4, 0.5) is 0 Å². The molecule has 0 saturated heterocycles. The van der Waals surface area contributed by atoms with Crippen LogP contribution in [0.1, 0.15) is 25.5 Å². The molecule has 4 heteroatoms. The molecule has 1 aromatic carbocycles. The molecular weight excluding hydrogens is 228 g/mol. The highest BCUT2D eigenvalue weighted by Crippen LogP contribution is 2.17. The largest absolute Gasteiger partial charge is 0.394 e. The molecule has 96 valence electrons. The first kappa shape index (κ1) is 12.8.